The van der Waals surface area contributed by atoms with Crippen LogP contribution in [0.2, 0.25) is 0 Å². The maximum atomic E-state index is 5.64. The number of rotatable bonds is 9. The molecule has 0 N–H and O–H groups in total. The van der Waals surface area contributed by atoms with Gasteiger partial charge in [0.15, 0.2) is 0 Å². The number of likely N-dealkylation sites (N-methyl/N-ethyl adjacent to an activating group) is 1. The zero-order chi connectivity index (χ0) is 13.3. The standard InChI is InChI=1S/C15H33NO/c1-14(2)8-7-12-17-13-11-16(6)10-9-15(3,4)5/h14H,7-13H2,1-6H3. The fourth-order valence-corrected chi connectivity index (χ4v) is 1.55. The Hall–Kier alpha value is -0.0800. The van der Waals surface area contributed by atoms with Crippen molar-refractivity contribution in [3.05, 3.63) is 0 Å². The van der Waals surface area contributed by atoms with Gasteiger partial charge in [0.2, 0.25) is 0 Å². The molecule has 0 aromatic rings. The van der Waals surface area contributed by atoms with Crippen molar-refractivity contribution in [1.82, 2.24) is 4.90 Å². The van der Waals surface area contributed by atoms with Crippen molar-refractivity contribution < 1.29 is 4.74 Å². The van der Waals surface area contributed by atoms with E-state index >= 15 is 0 Å². The summed E-state index contributed by atoms with van der Waals surface area (Å²) in [6, 6.07) is 0. The van der Waals surface area contributed by atoms with E-state index in [9.17, 15) is 0 Å². The summed E-state index contributed by atoms with van der Waals surface area (Å²) in [5.41, 5.74) is 0.437. The van der Waals surface area contributed by atoms with Gasteiger partial charge >= 0.3 is 0 Å². The Balaban J connectivity index is 3.31. The normalized spacial score (nSPS) is 12.7. The Morgan fingerprint density at radius 3 is 2.24 bits per heavy atom. The van der Waals surface area contributed by atoms with Crippen LogP contribution in [-0.2, 0) is 4.74 Å². The van der Waals surface area contributed by atoms with E-state index in [0.29, 0.717) is 5.41 Å². The molecule has 0 fully saturated rings. The molecule has 0 aliphatic heterocycles. The van der Waals surface area contributed by atoms with Gasteiger partial charge in [0.25, 0.3) is 0 Å². The van der Waals surface area contributed by atoms with Crippen molar-refractivity contribution in [2.75, 3.05) is 33.4 Å². The highest BCUT2D eigenvalue weighted by molar-refractivity contribution is 4.64. The van der Waals surface area contributed by atoms with Gasteiger partial charge in [-0.1, -0.05) is 34.6 Å². The first-order chi connectivity index (χ1) is 7.81. The zero-order valence-corrected chi connectivity index (χ0v) is 12.9. The fourth-order valence-electron chi connectivity index (χ4n) is 1.55. The van der Waals surface area contributed by atoms with Gasteiger partial charge in [-0.15, -0.1) is 0 Å². The van der Waals surface area contributed by atoms with Gasteiger partial charge in [-0.3, -0.25) is 0 Å². The molecule has 0 spiro atoms. The summed E-state index contributed by atoms with van der Waals surface area (Å²) < 4.78 is 5.64. The Morgan fingerprint density at radius 2 is 1.71 bits per heavy atom. The van der Waals surface area contributed by atoms with E-state index in [4.69, 9.17) is 4.74 Å². The van der Waals surface area contributed by atoms with Gasteiger partial charge in [0.05, 0.1) is 6.61 Å². The van der Waals surface area contributed by atoms with E-state index in [1.807, 2.05) is 0 Å². The first kappa shape index (κ1) is 16.9. The Labute approximate surface area is 109 Å². The lowest BCUT2D eigenvalue weighted by Gasteiger charge is -2.23. The van der Waals surface area contributed by atoms with E-state index in [0.717, 1.165) is 25.7 Å². The van der Waals surface area contributed by atoms with E-state index in [2.05, 4.69) is 46.6 Å². The summed E-state index contributed by atoms with van der Waals surface area (Å²) in [7, 11) is 2.18. The van der Waals surface area contributed by atoms with Gasteiger partial charge in [0.1, 0.15) is 0 Å². The summed E-state index contributed by atoms with van der Waals surface area (Å²) in [5, 5.41) is 0. The largest absolute Gasteiger partial charge is 0.380 e. The highest BCUT2D eigenvalue weighted by Crippen LogP contribution is 2.18. The SMILES string of the molecule is CC(C)CCCOCCN(C)CCC(C)(C)C. The minimum atomic E-state index is 0.437. The lowest BCUT2D eigenvalue weighted by Crippen LogP contribution is -2.27. The molecule has 0 aromatic heterocycles. The second kappa shape index (κ2) is 8.93. The van der Waals surface area contributed by atoms with Crippen LogP contribution >= 0.6 is 0 Å². The molecule has 0 unspecified atom stereocenters. The van der Waals surface area contributed by atoms with E-state index in [-0.39, 0.29) is 0 Å². The van der Waals surface area contributed by atoms with Crippen LogP contribution < -0.4 is 0 Å². The Morgan fingerprint density at radius 1 is 1.06 bits per heavy atom. The van der Waals surface area contributed by atoms with E-state index in [1.54, 1.807) is 0 Å². The van der Waals surface area contributed by atoms with Crippen molar-refractivity contribution in [3.63, 3.8) is 0 Å². The van der Waals surface area contributed by atoms with Crippen molar-refractivity contribution in [2.45, 2.75) is 53.9 Å². The van der Waals surface area contributed by atoms with Crippen LogP contribution in [0.1, 0.15) is 53.9 Å². The van der Waals surface area contributed by atoms with Crippen molar-refractivity contribution >= 4 is 0 Å². The summed E-state index contributed by atoms with van der Waals surface area (Å²) in [6.07, 6.45) is 3.72. The van der Waals surface area contributed by atoms with Gasteiger partial charge in [-0.25, -0.2) is 0 Å². The molecule has 0 aromatic carbocycles. The molecule has 0 aliphatic carbocycles. The quantitative estimate of drug-likeness (QED) is 0.571. The lowest BCUT2D eigenvalue weighted by atomic mass is 9.92. The molecule has 104 valence electrons. The summed E-state index contributed by atoms with van der Waals surface area (Å²) in [5.74, 6) is 0.799. The topological polar surface area (TPSA) is 12.5 Å². The molecule has 0 saturated heterocycles. The fraction of sp³-hybridized carbons (Fsp3) is 1.00. The zero-order valence-electron chi connectivity index (χ0n) is 12.9. The third kappa shape index (κ3) is 13.9. The molecule has 0 radical (unpaired) electrons. The predicted molar refractivity (Wildman–Crippen MR) is 76.5 cm³/mol. The molecule has 0 heterocycles. The van der Waals surface area contributed by atoms with Crippen LogP contribution in [0.3, 0.4) is 0 Å². The first-order valence-corrected chi connectivity index (χ1v) is 7.07. The van der Waals surface area contributed by atoms with Crippen molar-refractivity contribution in [1.29, 1.82) is 0 Å². The third-order valence-corrected chi connectivity index (χ3v) is 2.93. The van der Waals surface area contributed by atoms with Crippen LogP contribution in [0.4, 0.5) is 0 Å². The molecular weight excluding hydrogens is 210 g/mol. The van der Waals surface area contributed by atoms with Crippen LogP contribution in [0.5, 0.6) is 0 Å². The smallest absolute Gasteiger partial charge is 0.0593 e. The Bertz CT molecular complexity index is 172. The molecule has 0 rings (SSSR count). The average Bonchev–Trinajstić information content (AvgIpc) is 2.19. The van der Waals surface area contributed by atoms with E-state index < -0.39 is 0 Å². The monoisotopic (exact) mass is 243 g/mol. The molecule has 17 heavy (non-hydrogen) atoms. The first-order valence-electron chi connectivity index (χ1n) is 7.07. The predicted octanol–water partition coefficient (Wildman–Crippen LogP) is 3.81. The minimum Gasteiger partial charge on any atom is -0.380 e. The second-order valence-corrected chi connectivity index (χ2v) is 6.76. The van der Waals surface area contributed by atoms with Crippen molar-refractivity contribution in [3.8, 4) is 0 Å². The molecule has 2 nitrogen and oxygen atoms in total. The molecule has 0 bridgehead atoms. The highest BCUT2D eigenvalue weighted by Gasteiger charge is 2.10. The maximum Gasteiger partial charge on any atom is 0.0593 e. The highest BCUT2D eigenvalue weighted by atomic mass is 16.5. The third-order valence-electron chi connectivity index (χ3n) is 2.93. The van der Waals surface area contributed by atoms with Crippen molar-refractivity contribution in [2.24, 2.45) is 11.3 Å². The lowest BCUT2D eigenvalue weighted by molar-refractivity contribution is 0.103. The Kier molecular flexibility index (Phi) is 8.89. The van der Waals surface area contributed by atoms with E-state index in [1.165, 1.54) is 25.8 Å². The van der Waals surface area contributed by atoms with Gasteiger partial charge in [-0.2, -0.15) is 0 Å². The van der Waals surface area contributed by atoms with Crippen LogP contribution in [0.15, 0.2) is 0 Å². The summed E-state index contributed by atoms with van der Waals surface area (Å²) in [4.78, 5) is 2.37. The number of hydrogen-bond donors (Lipinski definition) is 0. The molecular formula is C15H33NO. The number of ether oxygens (including phenoxy) is 1. The average molecular weight is 243 g/mol. The van der Waals surface area contributed by atoms with Gasteiger partial charge in [-0.05, 0) is 44.2 Å². The maximum absolute atomic E-state index is 5.64. The molecule has 0 atom stereocenters. The summed E-state index contributed by atoms with van der Waals surface area (Å²) >= 11 is 0. The summed E-state index contributed by atoms with van der Waals surface area (Å²) in [6.45, 7) is 15.4. The van der Waals surface area contributed by atoms with Gasteiger partial charge in [0, 0.05) is 13.2 Å². The molecule has 0 aliphatic rings. The van der Waals surface area contributed by atoms with Crippen LogP contribution in [0.25, 0.3) is 0 Å². The number of hydrogen-bond acceptors (Lipinski definition) is 2. The minimum absolute atomic E-state index is 0.437. The van der Waals surface area contributed by atoms with Gasteiger partial charge < -0.3 is 9.64 Å². The van der Waals surface area contributed by atoms with Crippen LogP contribution in [-0.4, -0.2) is 38.3 Å². The van der Waals surface area contributed by atoms with Crippen LogP contribution in [0, 0.1) is 11.3 Å². The molecule has 0 saturated carbocycles. The second-order valence-electron chi connectivity index (χ2n) is 6.76. The molecule has 0 amide bonds. The number of nitrogens with zero attached hydrogens (tertiary/aromatic N) is 1. The molecule has 2 heteroatoms.